The van der Waals surface area contributed by atoms with Gasteiger partial charge in [-0.05, 0) is 69.5 Å². The molecule has 2 fully saturated rings. The number of aromatic nitrogens is 3. The summed E-state index contributed by atoms with van der Waals surface area (Å²) in [5.41, 5.74) is 2.30. The van der Waals surface area contributed by atoms with Gasteiger partial charge in [0.2, 0.25) is 0 Å². The fourth-order valence-electron chi connectivity index (χ4n) is 4.04. The molecule has 0 spiro atoms. The molecule has 0 atom stereocenters. The number of carbonyl (C=O) groups excluding carboxylic acids is 1. The quantitative estimate of drug-likeness (QED) is 0.717. The van der Waals surface area contributed by atoms with Gasteiger partial charge >= 0.3 is 0 Å². The molecule has 0 unspecified atom stereocenters. The van der Waals surface area contributed by atoms with E-state index in [1.54, 1.807) is 6.20 Å². The molecule has 2 heterocycles. The normalized spacial score (nSPS) is 18.2. The van der Waals surface area contributed by atoms with E-state index in [9.17, 15) is 4.79 Å². The highest BCUT2D eigenvalue weighted by atomic mass is 35.5. The van der Waals surface area contributed by atoms with Gasteiger partial charge in [0.05, 0.1) is 12.2 Å². The summed E-state index contributed by atoms with van der Waals surface area (Å²) in [6.07, 6.45) is 10.5. The topological polar surface area (TPSA) is 71.8 Å². The molecule has 1 aromatic heterocycles. The maximum absolute atomic E-state index is 12.6. The molecule has 4 rings (SSSR count). The van der Waals surface area contributed by atoms with Crippen LogP contribution in [0.15, 0.2) is 29.3 Å². The van der Waals surface area contributed by atoms with Crippen molar-refractivity contribution in [2.75, 3.05) is 18.4 Å². The minimum Gasteiger partial charge on any atom is -0.320 e. The number of hydrogen-bond acceptors (Lipinski definition) is 5. The highest BCUT2D eigenvalue weighted by molar-refractivity contribution is 8.00. The van der Waals surface area contributed by atoms with Gasteiger partial charge in [0, 0.05) is 15.8 Å². The van der Waals surface area contributed by atoms with Crippen molar-refractivity contribution in [3.05, 3.63) is 35.7 Å². The molecular formula is C21H30ClN5OS. The fraction of sp³-hybridized carbons (Fsp3) is 0.571. The minimum atomic E-state index is -0.198. The van der Waals surface area contributed by atoms with Crippen LogP contribution in [0.3, 0.4) is 0 Å². The van der Waals surface area contributed by atoms with Crippen LogP contribution in [0, 0.1) is 6.92 Å². The maximum atomic E-state index is 12.6. The summed E-state index contributed by atoms with van der Waals surface area (Å²) in [6, 6.07) is 6.64. The number of amides is 1. The summed E-state index contributed by atoms with van der Waals surface area (Å²) in [5, 5.41) is 15.3. The summed E-state index contributed by atoms with van der Waals surface area (Å²) in [4.78, 5) is 13.9. The van der Waals surface area contributed by atoms with E-state index in [0.717, 1.165) is 42.4 Å². The molecule has 2 N–H and O–H groups in total. The van der Waals surface area contributed by atoms with Crippen LogP contribution in [0.4, 0.5) is 5.69 Å². The van der Waals surface area contributed by atoms with E-state index in [-0.39, 0.29) is 18.3 Å². The van der Waals surface area contributed by atoms with Gasteiger partial charge in [0.1, 0.15) is 0 Å². The first-order chi connectivity index (χ1) is 13.7. The number of piperidine rings is 1. The van der Waals surface area contributed by atoms with Crippen LogP contribution in [0.2, 0.25) is 0 Å². The largest absolute Gasteiger partial charge is 0.320 e. The first-order valence-electron chi connectivity index (χ1n) is 10.4. The zero-order chi connectivity index (χ0) is 19.3. The van der Waals surface area contributed by atoms with Gasteiger partial charge in [0.25, 0.3) is 5.91 Å². The monoisotopic (exact) mass is 435 g/mol. The molecule has 1 aliphatic heterocycles. The predicted molar refractivity (Wildman–Crippen MR) is 120 cm³/mol. The molecule has 1 aliphatic carbocycles. The van der Waals surface area contributed by atoms with Crippen LogP contribution >= 0.6 is 24.2 Å². The van der Waals surface area contributed by atoms with Crippen molar-refractivity contribution in [1.82, 2.24) is 20.3 Å². The third-order valence-electron chi connectivity index (χ3n) is 5.73. The summed E-state index contributed by atoms with van der Waals surface area (Å²) < 4.78 is 1.84. The number of nitrogens with zero attached hydrogens (tertiary/aromatic N) is 3. The first-order valence-corrected chi connectivity index (χ1v) is 11.3. The summed E-state index contributed by atoms with van der Waals surface area (Å²) >= 11 is 1.98. The lowest BCUT2D eigenvalue weighted by molar-refractivity contribution is 0.102. The van der Waals surface area contributed by atoms with E-state index < -0.39 is 0 Å². The predicted octanol–water partition coefficient (Wildman–Crippen LogP) is 4.61. The molecule has 0 radical (unpaired) electrons. The van der Waals surface area contributed by atoms with Crippen LogP contribution in [0.25, 0.3) is 0 Å². The minimum absolute atomic E-state index is 0. The Labute approximate surface area is 183 Å². The number of thioether (sulfide) groups is 1. The lowest BCUT2D eigenvalue weighted by Gasteiger charge is -2.22. The zero-order valence-corrected chi connectivity index (χ0v) is 18.5. The molecule has 1 saturated carbocycles. The van der Waals surface area contributed by atoms with Gasteiger partial charge in [-0.3, -0.25) is 4.79 Å². The van der Waals surface area contributed by atoms with Crippen molar-refractivity contribution in [2.24, 2.45) is 0 Å². The molecule has 1 amide bonds. The smallest absolute Gasteiger partial charge is 0.277 e. The Morgan fingerprint density at radius 2 is 1.93 bits per heavy atom. The molecule has 29 heavy (non-hydrogen) atoms. The van der Waals surface area contributed by atoms with Crippen LogP contribution in [0.1, 0.15) is 67.0 Å². The lowest BCUT2D eigenvalue weighted by Crippen LogP contribution is -2.29. The second-order valence-electron chi connectivity index (χ2n) is 7.87. The Bertz CT molecular complexity index is 815. The number of rotatable bonds is 5. The van der Waals surface area contributed by atoms with E-state index in [1.807, 2.05) is 29.4 Å². The number of carbonyl (C=O) groups is 1. The average Bonchev–Trinajstić information content (AvgIpc) is 3.22. The Balaban J connectivity index is 0.00000240. The first kappa shape index (κ1) is 22.1. The molecule has 158 valence electrons. The van der Waals surface area contributed by atoms with E-state index in [0.29, 0.717) is 11.7 Å². The Hall–Kier alpha value is -1.57. The Morgan fingerprint density at radius 1 is 1.17 bits per heavy atom. The van der Waals surface area contributed by atoms with Gasteiger partial charge in [-0.2, -0.15) is 0 Å². The standard InChI is InChI=1S/C21H29N5OS.ClH/c1-15-13-18(28-17-5-3-2-4-6-17)7-8-19(15)23-21(27)20-14-26(25-24-20)16-9-11-22-12-10-16;/h7-8,13-14,16-17,22H,2-6,9-12H2,1H3,(H,23,27);1H. The van der Waals surface area contributed by atoms with E-state index >= 15 is 0 Å². The van der Waals surface area contributed by atoms with E-state index in [1.165, 1.54) is 37.0 Å². The number of halogens is 1. The molecule has 1 aromatic carbocycles. The number of nitrogens with one attached hydrogen (secondary N) is 2. The van der Waals surface area contributed by atoms with Crippen molar-refractivity contribution in [3.63, 3.8) is 0 Å². The molecule has 1 saturated heterocycles. The van der Waals surface area contributed by atoms with Crippen LogP contribution in [0.5, 0.6) is 0 Å². The molecular weight excluding hydrogens is 406 g/mol. The van der Waals surface area contributed by atoms with E-state index in [4.69, 9.17) is 0 Å². The zero-order valence-electron chi connectivity index (χ0n) is 16.9. The summed E-state index contributed by atoms with van der Waals surface area (Å²) in [5.74, 6) is -0.198. The van der Waals surface area contributed by atoms with Crippen molar-refractivity contribution in [2.45, 2.75) is 68.1 Å². The Morgan fingerprint density at radius 3 is 2.66 bits per heavy atom. The molecule has 6 nitrogen and oxygen atoms in total. The number of hydrogen-bond donors (Lipinski definition) is 2. The van der Waals surface area contributed by atoms with E-state index in [2.05, 4.69) is 33.1 Å². The molecule has 8 heteroatoms. The highest BCUT2D eigenvalue weighted by Gasteiger charge is 2.19. The Kier molecular flexibility index (Phi) is 7.98. The van der Waals surface area contributed by atoms with Gasteiger partial charge in [-0.1, -0.05) is 24.5 Å². The molecule has 2 aromatic rings. The van der Waals surface area contributed by atoms with Crippen molar-refractivity contribution >= 4 is 35.8 Å². The third kappa shape index (κ3) is 5.74. The number of anilines is 1. The summed E-state index contributed by atoms with van der Waals surface area (Å²) in [6.45, 7) is 4.01. The maximum Gasteiger partial charge on any atom is 0.277 e. The van der Waals surface area contributed by atoms with Crippen LogP contribution in [-0.4, -0.2) is 39.2 Å². The van der Waals surface area contributed by atoms with Gasteiger partial charge in [-0.15, -0.1) is 29.3 Å². The van der Waals surface area contributed by atoms with Crippen molar-refractivity contribution in [3.8, 4) is 0 Å². The second kappa shape index (κ2) is 10.5. The summed E-state index contributed by atoms with van der Waals surface area (Å²) in [7, 11) is 0. The van der Waals surface area contributed by atoms with Gasteiger partial charge in [-0.25, -0.2) is 4.68 Å². The van der Waals surface area contributed by atoms with Crippen LogP contribution < -0.4 is 10.6 Å². The SMILES string of the molecule is Cc1cc(SC2CCCCC2)ccc1NC(=O)c1cn(C2CCNCC2)nn1.Cl. The number of aryl methyl sites for hydroxylation is 1. The van der Waals surface area contributed by atoms with Crippen molar-refractivity contribution < 1.29 is 4.79 Å². The molecule has 2 aliphatic rings. The average molecular weight is 436 g/mol. The third-order valence-corrected chi connectivity index (χ3v) is 7.06. The lowest BCUT2D eigenvalue weighted by atomic mass is 10.0. The van der Waals surface area contributed by atoms with Gasteiger partial charge < -0.3 is 10.6 Å². The van der Waals surface area contributed by atoms with Crippen LogP contribution in [-0.2, 0) is 0 Å². The van der Waals surface area contributed by atoms with Gasteiger partial charge in [0.15, 0.2) is 5.69 Å². The molecule has 0 bridgehead atoms. The second-order valence-corrected chi connectivity index (χ2v) is 9.25. The van der Waals surface area contributed by atoms with Crippen molar-refractivity contribution in [1.29, 1.82) is 0 Å². The fourth-order valence-corrected chi connectivity index (χ4v) is 5.39. The number of benzene rings is 1. The highest BCUT2D eigenvalue weighted by Crippen LogP contribution is 2.35.